The maximum Gasteiger partial charge on any atom is 0.164 e. The molecule has 69 heavy (non-hydrogen) atoms. The average Bonchev–Trinajstić information content (AvgIpc) is 3.94. The van der Waals surface area contributed by atoms with Crippen molar-refractivity contribution in [2.45, 2.75) is 5.41 Å². The first-order chi connectivity index (χ1) is 34.2. The second-order valence-electron chi connectivity index (χ2n) is 17.9. The van der Waals surface area contributed by atoms with Gasteiger partial charge in [0.15, 0.2) is 17.5 Å². The molecule has 5 heteroatoms. The van der Waals surface area contributed by atoms with Crippen molar-refractivity contribution in [1.29, 1.82) is 0 Å². The molecule has 0 aliphatic carbocycles. The van der Waals surface area contributed by atoms with Crippen LogP contribution in [0.5, 0.6) is 0 Å². The largest absolute Gasteiger partial charge is 0.309 e. The van der Waals surface area contributed by atoms with Crippen molar-refractivity contribution < 1.29 is 0 Å². The van der Waals surface area contributed by atoms with E-state index in [0.717, 1.165) is 66.5 Å². The SMILES string of the molecule is c1ccc(-c2ccc3c4ccccc4n(-c4ccc5c(c4)c4cc(-c6nc(-c7ccccc7)nc(-c7ccccc7)n6)cc6c4n5-c4ccccc4C6(c4ccccc4)c4ccccc4)c3c2)cc1. The normalized spacial score (nSPS) is 12.8. The number of para-hydroxylation sites is 2. The third-order valence-corrected chi connectivity index (χ3v) is 14.2. The van der Waals surface area contributed by atoms with Crippen LogP contribution in [0, 0.1) is 0 Å². The summed E-state index contributed by atoms with van der Waals surface area (Å²) in [5, 5.41) is 4.71. The summed E-state index contributed by atoms with van der Waals surface area (Å²) in [5.74, 6) is 1.87. The highest BCUT2D eigenvalue weighted by molar-refractivity contribution is 6.15. The predicted molar refractivity (Wildman–Crippen MR) is 282 cm³/mol. The Morgan fingerprint density at radius 2 is 0.812 bits per heavy atom. The van der Waals surface area contributed by atoms with Crippen molar-refractivity contribution in [3.63, 3.8) is 0 Å². The van der Waals surface area contributed by atoms with Crippen molar-refractivity contribution in [2.75, 3.05) is 0 Å². The van der Waals surface area contributed by atoms with E-state index in [1.807, 2.05) is 36.4 Å². The van der Waals surface area contributed by atoms with Gasteiger partial charge < -0.3 is 9.13 Å². The lowest BCUT2D eigenvalue weighted by Gasteiger charge is -2.42. The number of rotatable bonds is 7. The van der Waals surface area contributed by atoms with E-state index >= 15 is 0 Å². The minimum atomic E-state index is -0.710. The van der Waals surface area contributed by atoms with Crippen LogP contribution in [0.3, 0.4) is 0 Å². The van der Waals surface area contributed by atoms with Crippen LogP contribution >= 0.6 is 0 Å². The molecule has 1 aliphatic rings. The van der Waals surface area contributed by atoms with Crippen molar-refractivity contribution in [1.82, 2.24) is 24.1 Å². The molecule has 0 saturated carbocycles. The summed E-state index contributed by atoms with van der Waals surface area (Å²) in [5.41, 5.74) is 16.0. The third-order valence-electron chi connectivity index (χ3n) is 14.2. The number of aromatic nitrogens is 5. The average molecular weight is 880 g/mol. The van der Waals surface area contributed by atoms with Gasteiger partial charge in [0.05, 0.1) is 33.2 Å². The molecule has 0 unspecified atom stereocenters. The summed E-state index contributed by atoms with van der Waals surface area (Å²) < 4.78 is 4.95. The minimum Gasteiger partial charge on any atom is -0.309 e. The van der Waals surface area contributed by atoms with Crippen molar-refractivity contribution in [3.05, 3.63) is 271 Å². The van der Waals surface area contributed by atoms with E-state index in [0.29, 0.717) is 17.5 Å². The third kappa shape index (κ3) is 5.94. The first kappa shape index (κ1) is 39.0. The molecule has 0 radical (unpaired) electrons. The molecule has 0 spiro atoms. The summed E-state index contributed by atoms with van der Waals surface area (Å²) in [7, 11) is 0. The fourth-order valence-corrected chi connectivity index (χ4v) is 11.2. The fourth-order valence-electron chi connectivity index (χ4n) is 11.2. The van der Waals surface area contributed by atoms with Gasteiger partial charge in [0.2, 0.25) is 0 Å². The molecule has 1 aliphatic heterocycles. The number of fused-ring (bicyclic) bond motifs is 8. The summed E-state index contributed by atoms with van der Waals surface area (Å²) in [6.07, 6.45) is 0. The van der Waals surface area contributed by atoms with Crippen molar-refractivity contribution in [2.24, 2.45) is 0 Å². The Morgan fingerprint density at radius 1 is 0.290 bits per heavy atom. The molecule has 0 fully saturated rings. The molecule has 0 atom stereocenters. The first-order valence-electron chi connectivity index (χ1n) is 23.5. The summed E-state index contributed by atoms with van der Waals surface area (Å²) >= 11 is 0. The highest BCUT2D eigenvalue weighted by atomic mass is 15.0. The molecule has 5 nitrogen and oxygen atoms in total. The Kier molecular flexibility index (Phi) is 8.73. The van der Waals surface area contributed by atoms with Crippen LogP contribution in [0.4, 0.5) is 0 Å². The van der Waals surface area contributed by atoms with Gasteiger partial charge in [-0.15, -0.1) is 0 Å². The van der Waals surface area contributed by atoms with Crippen molar-refractivity contribution >= 4 is 43.6 Å². The summed E-state index contributed by atoms with van der Waals surface area (Å²) in [4.78, 5) is 15.8. The Morgan fingerprint density at radius 3 is 1.46 bits per heavy atom. The van der Waals surface area contributed by atoms with E-state index < -0.39 is 5.41 Å². The predicted octanol–water partition coefficient (Wildman–Crippen LogP) is 15.4. The molecule has 4 heterocycles. The van der Waals surface area contributed by atoms with Gasteiger partial charge in [0.25, 0.3) is 0 Å². The summed E-state index contributed by atoms with van der Waals surface area (Å²) in [6, 6.07) is 89.5. The molecule has 14 rings (SSSR count). The van der Waals surface area contributed by atoms with Gasteiger partial charge in [-0.1, -0.05) is 200 Å². The second-order valence-corrected chi connectivity index (χ2v) is 17.9. The standard InChI is InChI=1S/C64H41N5/c1-6-20-42(21-7-1)45-34-36-51-50-30-16-18-32-56(50)68(59(51)40-45)49-35-37-57-52(41-49)53-38-46(63-66-61(43-22-8-2-9-23-43)65-62(67-63)44-24-10-3-11-25-44)39-55-60(53)69(57)58-33-19-17-31-54(58)64(55,47-26-12-4-13-27-47)48-28-14-5-15-29-48/h1-41H. The zero-order valence-corrected chi connectivity index (χ0v) is 37.4. The van der Waals surface area contributed by atoms with E-state index in [1.165, 1.54) is 38.6 Å². The van der Waals surface area contributed by atoms with Gasteiger partial charge in [0.1, 0.15) is 0 Å². The molecule has 0 amide bonds. The molecular weight excluding hydrogens is 839 g/mol. The second kappa shape index (κ2) is 15.4. The van der Waals surface area contributed by atoms with Crippen LogP contribution in [0.15, 0.2) is 249 Å². The van der Waals surface area contributed by atoms with E-state index in [1.54, 1.807) is 0 Å². The van der Waals surface area contributed by atoms with Crippen LogP contribution in [-0.4, -0.2) is 24.1 Å². The highest BCUT2D eigenvalue weighted by Gasteiger charge is 2.45. The topological polar surface area (TPSA) is 48.5 Å². The molecule has 10 aromatic carbocycles. The van der Waals surface area contributed by atoms with Crippen LogP contribution in [-0.2, 0) is 5.41 Å². The van der Waals surface area contributed by atoms with Gasteiger partial charge in [-0.05, 0) is 81.9 Å². The number of hydrogen-bond donors (Lipinski definition) is 0. The number of hydrogen-bond acceptors (Lipinski definition) is 3. The van der Waals surface area contributed by atoms with Crippen LogP contribution in [0.1, 0.15) is 22.3 Å². The van der Waals surface area contributed by atoms with E-state index in [9.17, 15) is 0 Å². The van der Waals surface area contributed by atoms with Crippen LogP contribution < -0.4 is 0 Å². The molecule has 3 aromatic heterocycles. The summed E-state index contributed by atoms with van der Waals surface area (Å²) in [6.45, 7) is 0. The number of benzene rings is 10. The van der Waals surface area contributed by atoms with Crippen LogP contribution in [0.25, 0.3) is 100 Å². The van der Waals surface area contributed by atoms with Gasteiger partial charge in [-0.3, -0.25) is 0 Å². The first-order valence-corrected chi connectivity index (χ1v) is 23.5. The zero-order valence-electron chi connectivity index (χ0n) is 37.4. The van der Waals surface area contributed by atoms with Gasteiger partial charge >= 0.3 is 0 Å². The van der Waals surface area contributed by atoms with E-state index in [4.69, 9.17) is 15.0 Å². The Balaban J connectivity index is 1.12. The maximum absolute atomic E-state index is 5.35. The van der Waals surface area contributed by atoms with Gasteiger partial charge in [-0.25, -0.2) is 15.0 Å². The molecule has 0 N–H and O–H groups in total. The maximum atomic E-state index is 5.35. The molecule has 13 aromatic rings. The fraction of sp³-hybridized carbons (Fsp3) is 0.0156. The minimum absolute atomic E-state index is 0.614. The zero-order chi connectivity index (χ0) is 45.5. The van der Waals surface area contributed by atoms with Crippen molar-refractivity contribution in [3.8, 4) is 56.7 Å². The molecular formula is C64H41N5. The Bertz CT molecular complexity index is 4010. The lowest BCUT2D eigenvalue weighted by molar-refractivity contribution is 0.728. The van der Waals surface area contributed by atoms with Gasteiger partial charge in [-0.2, -0.15) is 0 Å². The van der Waals surface area contributed by atoms with E-state index in [-0.39, 0.29) is 0 Å². The van der Waals surface area contributed by atoms with E-state index in [2.05, 4.69) is 221 Å². The lowest BCUT2D eigenvalue weighted by atomic mass is 9.63. The molecule has 322 valence electrons. The molecule has 0 bridgehead atoms. The Hall–Kier alpha value is -9.19. The quantitative estimate of drug-likeness (QED) is 0.160. The lowest BCUT2D eigenvalue weighted by Crippen LogP contribution is -2.35. The van der Waals surface area contributed by atoms with Crippen LogP contribution in [0.2, 0.25) is 0 Å². The number of nitrogens with zero attached hydrogens (tertiary/aromatic N) is 5. The smallest absolute Gasteiger partial charge is 0.164 e. The Labute approximate surface area is 398 Å². The monoisotopic (exact) mass is 879 g/mol. The molecule has 0 saturated heterocycles. The van der Waals surface area contributed by atoms with Gasteiger partial charge in [0, 0.05) is 43.9 Å². The highest BCUT2D eigenvalue weighted by Crippen LogP contribution is 2.55.